The van der Waals surface area contributed by atoms with Crippen LogP contribution in [0.1, 0.15) is 6.92 Å². The van der Waals surface area contributed by atoms with Gasteiger partial charge < -0.3 is 5.11 Å². The summed E-state index contributed by atoms with van der Waals surface area (Å²) in [5, 5.41) is 8.33. The first-order chi connectivity index (χ1) is 4.22. The van der Waals surface area contributed by atoms with Crippen LogP contribution in [0.5, 0.6) is 0 Å². The first-order valence-corrected chi connectivity index (χ1v) is 2.63. The molecule has 0 radical (unpaired) electrons. The quantitative estimate of drug-likeness (QED) is 0.552. The van der Waals surface area contributed by atoms with Crippen LogP contribution < -0.4 is 0 Å². The van der Waals surface area contributed by atoms with E-state index in [9.17, 15) is 4.79 Å². The smallest absolute Gasteiger partial charge is 0.408 e. The Morgan fingerprint density at radius 2 is 2.44 bits per heavy atom. The van der Waals surface area contributed by atoms with Crippen molar-refractivity contribution in [2.75, 3.05) is 13.1 Å². The minimum absolute atomic E-state index is 0.172. The Morgan fingerprint density at radius 3 is 2.56 bits per heavy atom. The third kappa shape index (κ3) is 2.60. The van der Waals surface area contributed by atoms with Crippen LogP contribution in [0.3, 0.4) is 0 Å². The van der Waals surface area contributed by atoms with Gasteiger partial charge in [0.15, 0.2) is 0 Å². The molecule has 9 heavy (non-hydrogen) atoms. The van der Waals surface area contributed by atoms with Crippen molar-refractivity contribution in [2.24, 2.45) is 0 Å². The molecule has 1 N–H and O–H groups in total. The highest BCUT2D eigenvalue weighted by molar-refractivity contribution is 5.65. The van der Waals surface area contributed by atoms with Gasteiger partial charge in [0, 0.05) is 6.54 Å². The van der Waals surface area contributed by atoms with E-state index in [1.54, 1.807) is 6.92 Å². The fraction of sp³-hybridized carbons (Fsp3) is 0.500. The van der Waals surface area contributed by atoms with Gasteiger partial charge in [0.1, 0.15) is 0 Å². The van der Waals surface area contributed by atoms with Crippen LogP contribution in [0.2, 0.25) is 0 Å². The van der Waals surface area contributed by atoms with Gasteiger partial charge in [-0.3, -0.25) is 4.90 Å². The molecule has 0 aliphatic carbocycles. The lowest BCUT2D eigenvalue weighted by Crippen LogP contribution is -2.29. The van der Waals surface area contributed by atoms with E-state index in [1.807, 2.05) is 0 Å². The Bertz CT molecular complexity index is 136. The Labute approximate surface area is 54.3 Å². The molecule has 3 nitrogen and oxygen atoms in total. The predicted molar refractivity (Wildman–Crippen MR) is 34.1 cm³/mol. The zero-order valence-corrected chi connectivity index (χ0v) is 5.29. The lowest BCUT2D eigenvalue weighted by atomic mass is 10.5. The van der Waals surface area contributed by atoms with Crippen LogP contribution in [-0.4, -0.2) is 29.2 Å². The van der Waals surface area contributed by atoms with Crippen LogP contribution >= 0.6 is 0 Å². The van der Waals surface area contributed by atoms with E-state index in [2.05, 4.69) is 5.92 Å². The highest BCUT2D eigenvalue weighted by atomic mass is 16.4. The van der Waals surface area contributed by atoms with E-state index >= 15 is 0 Å². The second-order valence-electron chi connectivity index (χ2n) is 1.50. The third-order valence-corrected chi connectivity index (χ3v) is 0.934. The van der Waals surface area contributed by atoms with Gasteiger partial charge in [-0.2, -0.15) is 0 Å². The molecule has 0 aliphatic heterocycles. The summed E-state index contributed by atoms with van der Waals surface area (Å²) < 4.78 is 0. The van der Waals surface area contributed by atoms with Crippen LogP contribution in [0, 0.1) is 12.3 Å². The van der Waals surface area contributed by atoms with Crippen molar-refractivity contribution < 1.29 is 9.90 Å². The number of nitrogens with zero attached hydrogens (tertiary/aromatic N) is 1. The van der Waals surface area contributed by atoms with Gasteiger partial charge in [-0.1, -0.05) is 5.92 Å². The number of hydrogen-bond acceptors (Lipinski definition) is 1. The summed E-state index contributed by atoms with van der Waals surface area (Å²) in [5.41, 5.74) is 0. The second-order valence-corrected chi connectivity index (χ2v) is 1.50. The van der Waals surface area contributed by atoms with Gasteiger partial charge in [0.05, 0.1) is 6.54 Å². The van der Waals surface area contributed by atoms with E-state index in [1.165, 1.54) is 0 Å². The molecule has 0 unspecified atom stereocenters. The number of terminal acetylenes is 1. The van der Waals surface area contributed by atoms with E-state index in [-0.39, 0.29) is 6.54 Å². The molecule has 1 amide bonds. The van der Waals surface area contributed by atoms with Crippen molar-refractivity contribution in [3.05, 3.63) is 0 Å². The summed E-state index contributed by atoms with van der Waals surface area (Å²) in [4.78, 5) is 11.3. The molecule has 0 saturated heterocycles. The highest BCUT2D eigenvalue weighted by Crippen LogP contribution is 1.85. The Kier molecular flexibility index (Phi) is 3.29. The van der Waals surface area contributed by atoms with Gasteiger partial charge in [0.25, 0.3) is 0 Å². The second kappa shape index (κ2) is 3.79. The van der Waals surface area contributed by atoms with Gasteiger partial charge in [0.2, 0.25) is 0 Å². The Morgan fingerprint density at radius 1 is 1.89 bits per heavy atom. The average Bonchev–Trinajstić information content (AvgIpc) is 1.82. The minimum atomic E-state index is -0.963. The van der Waals surface area contributed by atoms with Gasteiger partial charge in [-0.05, 0) is 6.92 Å². The van der Waals surface area contributed by atoms with Crippen molar-refractivity contribution in [3.63, 3.8) is 0 Å². The molecule has 0 saturated carbocycles. The molecule has 0 aromatic rings. The summed E-state index contributed by atoms with van der Waals surface area (Å²) in [6.45, 7) is 2.36. The van der Waals surface area contributed by atoms with Gasteiger partial charge in [-0.25, -0.2) is 4.79 Å². The number of rotatable bonds is 2. The fourth-order valence-corrected chi connectivity index (χ4v) is 0.425. The lowest BCUT2D eigenvalue weighted by Gasteiger charge is -2.11. The Hall–Kier alpha value is -1.17. The third-order valence-electron chi connectivity index (χ3n) is 0.934. The van der Waals surface area contributed by atoms with Gasteiger partial charge in [-0.15, -0.1) is 6.42 Å². The van der Waals surface area contributed by atoms with E-state index < -0.39 is 6.09 Å². The Balaban J connectivity index is 3.71. The molecule has 0 aromatic carbocycles. The maximum Gasteiger partial charge on any atom is 0.408 e. The van der Waals surface area contributed by atoms with E-state index in [4.69, 9.17) is 11.5 Å². The van der Waals surface area contributed by atoms with Crippen molar-refractivity contribution in [1.29, 1.82) is 0 Å². The zero-order valence-electron chi connectivity index (χ0n) is 5.29. The van der Waals surface area contributed by atoms with Crippen LogP contribution in [-0.2, 0) is 0 Å². The average molecular weight is 127 g/mol. The monoisotopic (exact) mass is 127 g/mol. The maximum atomic E-state index is 10.2. The lowest BCUT2D eigenvalue weighted by molar-refractivity contribution is 0.153. The molecule has 0 bridgehead atoms. The van der Waals surface area contributed by atoms with Crippen molar-refractivity contribution in [3.8, 4) is 12.3 Å². The summed E-state index contributed by atoms with van der Waals surface area (Å²) in [6, 6.07) is 0. The zero-order chi connectivity index (χ0) is 7.28. The van der Waals surface area contributed by atoms with Crippen molar-refractivity contribution >= 4 is 6.09 Å². The molecule has 0 rings (SSSR count). The molecule has 3 heteroatoms. The number of hydrogen-bond donors (Lipinski definition) is 1. The predicted octanol–water partition coefficient (Wildman–Crippen LogP) is 0.620. The summed E-state index contributed by atoms with van der Waals surface area (Å²) >= 11 is 0. The topological polar surface area (TPSA) is 40.5 Å². The summed E-state index contributed by atoms with van der Waals surface area (Å²) in [6.07, 6.45) is 3.93. The first-order valence-electron chi connectivity index (χ1n) is 2.63. The molecule has 50 valence electrons. The molecular formula is C6H9NO2. The van der Waals surface area contributed by atoms with Crippen molar-refractivity contribution in [1.82, 2.24) is 4.90 Å². The molecule has 0 heterocycles. The van der Waals surface area contributed by atoms with E-state index in [0.29, 0.717) is 6.54 Å². The summed E-state index contributed by atoms with van der Waals surface area (Å²) in [7, 11) is 0. The molecule has 0 aliphatic rings. The number of carboxylic acid groups (broad SMARTS) is 1. The van der Waals surface area contributed by atoms with Crippen molar-refractivity contribution in [2.45, 2.75) is 6.92 Å². The highest BCUT2D eigenvalue weighted by Gasteiger charge is 2.04. The molecule has 0 atom stereocenters. The minimum Gasteiger partial charge on any atom is -0.465 e. The SMILES string of the molecule is C#CCN(CC)C(=O)O. The van der Waals surface area contributed by atoms with Crippen LogP contribution in [0.15, 0.2) is 0 Å². The first kappa shape index (κ1) is 7.83. The molecule has 0 aromatic heterocycles. The maximum absolute atomic E-state index is 10.2. The standard InChI is InChI=1S/C6H9NO2/c1-3-5-7(4-2)6(8)9/h1H,4-5H2,2H3,(H,8,9). The molecule has 0 fully saturated rings. The fourth-order valence-electron chi connectivity index (χ4n) is 0.425. The summed E-state index contributed by atoms with van der Waals surface area (Å²) in [5.74, 6) is 2.25. The normalized spacial score (nSPS) is 8.00. The van der Waals surface area contributed by atoms with Crippen LogP contribution in [0.4, 0.5) is 4.79 Å². The van der Waals surface area contributed by atoms with Gasteiger partial charge >= 0.3 is 6.09 Å². The molecule has 0 spiro atoms. The number of amides is 1. The van der Waals surface area contributed by atoms with Crippen LogP contribution in [0.25, 0.3) is 0 Å². The number of carbonyl (C=O) groups is 1. The van der Waals surface area contributed by atoms with E-state index in [0.717, 1.165) is 4.90 Å². The largest absolute Gasteiger partial charge is 0.465 e. The molecular weight excluding hydrogens is 118 g/mol.